The minimum absolute atomic E-state index is 0.0583. The Labute approximate surface area is 90.1 Å². The molecule has 0 radical (unpaired) electrons. The van der Waals surface area contributed by atoms with Crippen molar-refractivity contribution in [2.45, 2.75) is 26.8 Å². The van der Waals surface area contributed by atoms with Crippen LogP contribution in [0.1, 0.15) is 19.4 Å². The van der Waals surface area contributed by atoms with Gasteiger partial charge in [0.05, 0.1) is 0 Å². The molecule has 0 heterocycles. The summed E-state index contributed by atoms with van der Waals surface area (Å²) in [5.41, 5.74) is 1.98. The summed E-state index contributed by atoms with van der Waals surface area (Å²) in [6, 6.07) is 7.18. The van der Waals surface area contributed by atoms with Crippen molar-refractivity contribution in [1.82, 2.24) is 0 Å². The van der Waals surface area contributed by atoms with E-state index in [1.807, 2.05) is 45.0 Å². The molecule has 0 amide bonds. The number of nitrogens with one attached hydrogen (secondary N) is 1. The second-order valence-corrected chi connectivity index (χ2v) is 4.07. The van der Waals surface area contributed by atoms with Gasteiger partial charge in [-0.05, 0) is 30.5 Å². The number of hydrogen-bond acceptors (Lipinski definition) is 2. The zero-order valence-corrected chi connectivity index (χ0v) is 9.32. The van der Waals surface area contributed by atoms with Gasteiger partial charge in [0.25, 0.3) is 0 Å². The van der Waals surface area contributed by atoms with E-state index >= 15 is 0 Å². The van der Waals surface area contributed by atoms with Crippen LogP contribution in [-0.4, -0.2) is 17.1 Å². The first-order valence-electron chi connectivity index (χ1n) is 5.06. The van der Waals surface area contributed by atoms with Gasteiger partial charge in [-0.3, -0.25) is 0 Å². The van der Waals surface area contributed by atoms with Crippen molar-refractivity contribution in [1.29, 1.82) is 0 Å². The van der Waals surface area contributed by atoms with Gasteiger partial charge in [-0.1, -0.05) is 26.0 Å². The molecule has 0 aliphatic rings. The normalized spacial score (nSPS) is 12.5. The predicted molar refractivity (Wildman–Crippen MR) is 61.1 cm³/mol. The number of carboxylic acids is 1. The van der Waals surface area contributed by atoms with Gasteiger partial charge in [-0.2, -0.15) is 0 Å². The second kappa shape index (κ2) is 4.82. The van der Waals surface area contributed by atoms with Gasteiger partial charge in [0.2, 0.25) is 0 Å². The van der Waals surface area contributed by atoms with Crippen LogP contribution in [0.25, 0.3) is 0 Å². The Morgan fingerprint density at radius 3 is 2.53 bits per heavy atom. The summed E-state index contributed by atoms with van der Waals surface area (Å²) in [4.78, 5) is 11.0. The molecule has 1 unspecified atom stereocenters. The molecule has 1 aromatic rings. The van der Waals surface area contributed by atoms with Crippen molar-refractivity contribution in [3.05, 3.63) is 29.8 Å². The fraction of sp³-hybridized carbons (Fsp3) is 0.417. The molecule has 0 aliphatic carbocycles. The Balaban J connectivity index is 2.79. The van der Waals surface area contributed by atoms with Crippen molar-refractivity contribution in [2.24, 2.45) is 5.92 Å². The summed E-state index contributed by atoms with van der Waals surface area (Å²) in [6.45, 7) is 5.76. The molecule has 82 valence electrons. The van der Waals surface area contributed by atoms with Crippen LogP contribution in [0.4, 0.5) is 5.69 Å². The number of aryl methyl sites for hydroxylation is 1. The Bertz CT molecular complexity index is 347. The van der Waals surface area contributed by atoms with E-state index in [4.69, 9.17) is 5.11 Å². The maximum atomic E-state index is 11.0. The van der Waals surface area contributed by atoms with Crippen molar-refractivity contribution < 1.29 is 9.90 Å². The van der Waals surface area contributed by atoms with Gasteiger partial charge in [-0.15, -0.1) is 0 Å². The first-order chi connectivity index (χ1) is 7.00. The number of anilines is 1. The van der Waals surface area contributed by atoms with Crippen LogP contribution in [-0.2, 0) is 4.79 Å². The Kier molecular flexibility index (Phi) is 3.72. The molecule has 0 fully saturated rings. The summed E-state index contributed by atoms with van der Waals surface area (Å²) < 4.78 is 0. The Morgan fingerprint density at radius 2 is 2.07 bits per heavy atom. The minimum atomic E-state index is -0.813. The molecule has 0 bridgehead atoms. The minimum Gasteiger partial charge on any atom is -0.480 e. The van der Waals surface area contributed by atoms with Crippen LogP contribution in [0.5, 0.6) is 0 Å². The van der Waals surface area contributed by atoms with Crippen molar-refractivity contribution in [3.63, 3.8) is 0 Å². The summed E-state index contributed by atoms with van der Waals surface area (Å²) in [5.74, 6) is -0.755. The quantitative estimate of drug-likeness (QED) is 0.797. The third-order valence-electron chi connectivity index (χ3n) is 2.27. The summed E-state index contributed by atoms with van der Waals surface area (Å²) >= 11 is 0. The molecule has 0 saturated carbocycles. The number of carbonyl (C=O) groups is 1. The highest BCUT2D eigenvalue weighted by molar-refractivity contribution is 5.77. The predicted octanol–water partition coefficient (Wildman–Crippen LogP) is 2.52. The standard InChI is InChI=1S/C12H17NO2/c1-8(2)11(12(14)15)13-10-6-4-5-9(3)7-10/h4-8,11,13H,1-3H3,(H,14,15). The largest absolute Gasteiger partial charge is 0.480 e. The second-order valence-electron chi connectivity index (χ2n) is 4.07. The van der Waals surface area contributed by atoms with E-state index in [0.717, 1.165) is 11.3 Å². The van der Waals surface area contributed by atoms with Crippen molar-refractivity contribution in [2.75, 3.05) is 5.32 Å². The third kappa shape index (κ3) is 3.27. The molecule has 3 heteroatoms. The highest BCUT2D eigenvalue weighted by atomic mass is 16.4. The van der Waals surface area contributed by atoms with E-state index in [9.17, 15) is 4.79 Å². The van der Waals surface area contributed by atoms with E-state index in [1.54, 1.807) is 0 Å². The lowest BCUT2D eigenvalue weighted by atomic mass is 10.0. The first kappa shape index (κ1) is 11.6. The molecule has 1 rings (SSSR count). The van der Waals surface area contributed by atoms with E-state index in [2.05, 4.69) is 5.32 Å². The number of hydrogen-bond donors (Lipinski definition) is 2. The smallest absolute Gasteiger partial charge is 0.326 e. The fourth-order valence-electron chi connectivity index (χ4n) is 1.43. The Morgan fingerprint density at radius 1 is 1.40 bits per heavy atom. The third-order valence-corrected chi connectivity index (χ3v) is 2.27. The topological polar surface area (TPSA) is 49.3 Å². The highest BCUT2D eigenvalue weighted by Gasteiger charge is 2.20. The van der Waals surface area contributed by atoms with E-state index in [1.165, 1.54) is 0 Å². The van der Waals surface area contributed by atoms with Crippen LogP contribution < -0.4 is 5.32 Å². The van der Waals surface area contributed by atoms with Gasteiger partial charge >= 0.3 is 5.97 Å². The monoisotopic (exact) mass is 207 g/mol. The number of benzene rings is 1. The first-order valence-corrected chi connectivity index (χ1v) is 5.06. The van der Waals surface area contributed by atoms with E-state index in [-0.39, 0.29) is 5.92 Å². The summed E-state index contributed by atoms with van der Waals surface area (Å²) in [6.07, 6.45) is 0. The lowest BCUT2D eigenvalue weighted by Gasteiger charge is -2.19. The van der Waals surface area contributed by atoms with Crippen LogP contribution in [0.3, 0.4) is 0 Å². The molecular formula is C12H17NO2. The highest BCUT2D eigenvalue weighted by Crippen LogP contribution is 2.14. The van der Waals surface area contributed by atoms with Crippen molar-refractivity contribution >= 4 is 11.7 Å². The molecule has 2 N–H and O–H groups in total. The molecule has 1 atom stereocenters. The van der Waals surface area contributed by atoms with Gasteiger partial charge < -0.3 is 10.4 Å². The lowest BCUT2D eigenvalue weighted by molar-refractivity contribution is -0.138. The fourth-order valence-corrected chi connectivity index (χ4v) is 1.43. The van der Waals surface area contributed by atoms with Gasteiger partial charge in [0.15, 0.2) is 0 Å². The molecule has 3 nitrogen and oxygen atoms in total. The van der Waals surface area contributed by atoms with Crippen LogP contribution in [0.15, 0.2) is 24.3 Å². The summed E-state index contributed by atoms with van der Waals surface area (Å²) in [7, 11) is 0. The van der Waals surface area contributed by atoms with E-state index in [0.29, 0.717) is 0 Å². The molecular weight excluding hydrogens is 190 g/mol. The number of carboxylic acid groups (broad SMARTS) is 1. The average Bonchev–Trinajstić information content (AvgIpc) is 2.13. The molecule has 0 spiro atoms. The molecule has 1 aromatic carbocycles. The summed E-state index contributed by atoms with van der Waals surface area (Å²) in [5, 5.41) is 12.0. The van der Waals surface area contributed by atoms with Gasteiger partial charge in [0.1, 0.15) is 6.04 Å². The van der Waals surface area contributed by atoms with Gasteiger partial charge in [-0.25, -0.2) is 4.79 Å². The zero-order valence-electron chi connectivity index (χ0n) is 9.32. The van der Waals surface area contributed by atoms with Crippen LogP contribution in [0, 0.1) is 12.8 Å². The maximum Gasteiger partial charge on any atom is 0.326 e. The van der Waals surface area contributed by atoms with Crippen molar-refractivity contribution in [3.8, 4) is 0 Å². The Hall–Kier alpha value is -1.51. The molecule has 0 aliphatic heterocycles. The molecule has 15 heavy (non-hydrogen) atoms. The maximum absolute atomic E-state index is 11.0. The number of aliphatic carboxylic acids is 1. The van der Waals surface area contributed by atoms with Gasteiger partial charge in [0, 0.05) is 5.69 Å². The number of rotatable bonds is 4. The lowest BCUT2D eigenvalue weighted by Crippen LogP contribution is -2.34. The average molecular weight is 207 g/mol. The zero-order chi connectivity index (χ0) is 11.4. The molecule has 0 aromatic heterocycles. The van der Waals surface area contributed by atoms with E-state index < -0.39 is 12.0 Å². The SMILES string of the molecule is Cc1cccc(NC(C(=O)O)C(C)C)c1. The molecule has 0 saturated heterocycles. The van der Waals surface area contributed by atoms with Crippen LogP contribution in [0.2, 0.25) is 0 Å². The van der Waals surface area contributed by atoms with Crippen LogP contribution >= 0.6 is 0 Å².